The van der Waals surface area contributed by atoms with Crippen LogP contribution in [0.2, 0.25) is 0 Å². The molecule has 13 heavy (non-hydrogen) atoms. The van der Waals surface area contributed by atoms with Crippen LogP contribution in [-0.4, -0.2) is 12.1 Å². The van der Waals surface area contributed by atoms with Crippen molar-refractivity contribution in [2.75, 3.05) is 0 Å². The van der Waals surface area contributed by atoms with E-state index in [2.05, 4.69) is 6.92 Å². The minimum atomic E-state index is -0.0679. The van der Waals surface area contributed by atoms with Crippen molar-refractivity contribution in [1.29, 1.82) is 0 Å². The Morgan fingerprint density at radius 1 is 1.38 bits per heavy atom. The van der Waals surface area contributed by atoms with E-state index < -0.39 is 0 Å². The molecule has 0 saturated carbocycles. The van der Waals surface area contributed by atoms with Crippen LogP contribution in [0.5, 0.6) is 0 Å². The van der Waals surface area contributed by atoms with Crippen molar-refractivity contribution in [3.63, 3.8) is 0 Å². The van der Waals surface area contributed by atoms with Crippen LogP contribution in [0.25, 0.3) is 0 Å². The van der Waals surface area contributed by atoms with Crippen molar-refractivity contribution in [2.24, 2.45) is 0 Å². The molecule has 0 spiro atoms. The summed E-state index contributed by atoms with van der Waals surface area (Å²) in [5.41, 5.74) is 0. The summed E-state index contributed by atoms with van der Waals surface area (Å²) in [4.78, 5) is 11.1. The van der Waals surface area contributed by atoms with Crippen LogP contribution in [0.1, 0.15) is 52.9 Å². The van der Waals surface area contributed by atoms with Crippen LogP contribution in [0.15, 0.2) is 0 Å². The van der Waals surface area contributed by atoms with Gasteiger partial charge in [0.1, 0.15) is 6.10 Å². The smallest absolute Gasteiger partial charge is 0.306 e. The number of hydrogen-bond donors (Lipinski definition) is 0. The Morgan fingerprint density at radius 2 is 2.08 bits per heavy atom. The van der Waals surface area contributed by atoms with Gasteiger partial charge in [0.2, 0.25) is 0 Å². The normalized spacial score (nSPS) is 12.5. The largest absolute Gasteiger partial charge is 0.462 e. The molecule has 0 unspecified atom stereocenters. The Labute approximate surface area is 81.7 Å². The fourth-order valence-corrected chi connectivity index (χ4v) is 1.03. The van der Waals surface area contributed by atoms with Gasteiger partial charge in [0, 0.05) is 6.42 Å². The molecule has 0 rings (SSSR count). The maximum absolute atomic E-state index is 11.1. The quantitative estimate of drug-likeness (QED) is 0.450. The third kappa shape index (κ3) is 7.82. The molecule has 0 amide bonds. The first-order valence-electron chi connectivity index (χ1n) is 5.19. The van der Waals surface area contributed by atoms with E-state index in [4.69, 9.17) is 4.74 Å². The lowest BCUT2D eigenvalue weighted by Gasteiger charge is -2.09. The molecule has 1 radical (unpaired) electrons. The SMILES string of the molecule is C[CH][C@@H](C)OC(=O)CCCCCC. The van der Waals surface area contributed by atoms with Gasteiger partial charge in [0.05, 0.1) is 0 Å². The van der Waals surface area contributed by atoms with E-state index in [9.17, 15) is 4.79 Å². The first kappa shape index (κ1) is 12.5. The molecule has 0 heterocycles. The Morgan fingerprint density at radius 3 is 2.62 bits per heavy atom. The molecule has 0 aliphatic carbocycles. The Balaban J connectivity index is 3.30. The first-order valence-corrected chi connectivity index (χ1v) is 5.19. The highest BCUT2D eigenvalue weighted by Crippen LogP contribution is 2.05. The van der Waals surface area contributed by atoms with E-state index in [1.54, 1.807) is 0 Å². The number of esters is 1. The van der Waals surface area contributed by atoms with Gasteiger partial charge in [-0.3, -0.25) is 4.79 Å². The first-order chi connectivity index (χ1) is 6.20. The maximum atomic E-state index is 11.1. The minimum Gasteiger partial charge on any atom is -0.462 e. The van der Waals surface area contributed by atoms with E-state index in [0.29, 0.717) is 6.42 Å². The lowest BCUT2D eigenvalue weighted by Crippen LogP contribution is -2.13. The van der Waals surface area contributed by atoms with Crippen molar-refractivity contribution in [3.05, 3.63) is 6.42 Å². The Kier molecular flexibility index (Phi) is 7.76. The predicted molar refractivity (Wildman–Crippen MR) is 54.3 cm³/mol. The number of unbranched alkanes of at least 4 members (excludes halogenated alkanes) is 3. The van der Waals surface area contributed by atoms with Crippen molar-refractivity contribution in [3.8, 4) is 0 Å². The van der Waals surface area contributed by atoms with Crippen LogP contribution in [0, 0.1) is 6.42 Å². The third-order valence-electron chi connectivity index (χ3n) is 2.02. The van der Waals surface area contributed by atoms with Gasteiger partial charge in [-0.05, 0) is 19.8 Å². The van der Waals surface area contributed by atoms with Crippen LogP contribution < -0.4 is 0 Å². The molecule has 0 aromatic heterocycles. The maximum Gasteiger partial charge on any atom is 0.306 e. The predicted octanol–water partition coefficient (Wildman–Crippen LogP) is 3.11. The molecular weight excluding hydrogens is 164 g/mol. The fraction of sp³-hybridized carbons (Fsp3) is 0.818. The summed E-state index contributed by atoms with van der Waals surface area (Å²) in [7, 11) is 0. The molecule has 0 aromatic rings. The van der Waals surface area contributed by atoms with Gasteiger partial charge < -0.3 is 4.74 Å². The average molecular weight is 185 g/mol. The summed E-state index contributed by atoms with van der Waals surface area (Å²) in [6, 6.07) is 0. The van der Waals surface area contributed by atoms with Crippen LogP contribution >= 0.6 is 0 Å². The molecule has 2 nitrogen and oxygen atoms in total. The number of carbonyl (C=O) groups is 1. The van der Waals surface area contributed by atoms with E-state index in [0.717, 1.165) is 12.8 Å². The van der Waals surface area contributed by atoms with Crippen LogP contribution in [0.3, 0.4) is 0 Å². The molecule has 0 N–H and O–H groups in total. The van der Waals surface area contributed by atoms with Crippen molar-refractivity contribution in [2.45, 2.75) is 59.0 Å². The van der Waals surface area contributed by atoms with Crippen LogP contribution in [0.4, 0.5) is 0 Å². The zero-order valence-electron chi connectivity index (χ0n) is 9.01. The number of carbonyl (C=O) groups excluding carboxylic acids is 1. The summed E-state index contributed by atoms with van der Waals surface area (Å²) in [5.74, 6) is -0.0679. The lowest BCUT2D eigenvalue weighted by molar-refractivity contribution is -0.146. The standard InChI is InChI=1S/C11H21O2/c1-4-6-7-8-9-11(12)13-10(3)5-2/h5,10H,4,6-9H2,1-3H3/t10-/m1/s1. The van der Waals surface area contributed by atoms with Gasteiger partial charge in [-0.1, -0.05) is 33.1 Å². The molecule has 1 atom stereocenters. The second-order valence-electron chi connectivity index (χ2n) is 3.34. The molecule has 77 valence electrons. The number of hydrogen-bond acceptors (Lipinski definition) is 2. The monoisotopic (exact) mass is 185 g/mol. The van der Waals surface area contributed by atoms with Crippen molar-refractivity contribution >= 4 is 5.97 Å². The highest BCUT2D eigenvalue weighted by atomic mass is 16.5. The third-order valence-corrected chi connectivity index (χ3v) is 2.02. The zero-order chi connectivity index (χ0) is 10.1. The second-order valence-corrected chi connectivity index (χ2v) is 3.34. The number of ether oxygens (including phenoxy) is 1. The minimum absolute atomic E-state index is 0.0429. The van der Waals surface area contributed by atoms with Gasteiger partial charge in [-0.15, -0.1) is 0 Å². The van der Waals surface area contributed by atoms with Crippen LogP contribution in [-0.2, 0) is 9.53 Å². The van der Waals surface area contributed by atoms with Gasteiger partial charge in [0.15, 0.2) is 0 Å². The van der Waals surface area contributed by atoms with Gasteiger partial charge >= 0.3 is 5.97 Å². The molecule has 0 fully saturated rings. The lowest BCUT2D eigenvalue weighted by atomic mass is 10.1. The average Bonchev–Trinajstić information content (AvgIpc) is 2.12. The molecule has 0 aliphatic heterocycles. The van der Waals surface area contributed by atoms with E-state index in [1.165, 1.54) is 12.8 Å². The molecular formula is C11H21O2. The number of rotatable bonds is 7. The summed E-state index contributed by atoms with van der Waals surface area (Å²) in [6.45, 7) is 5.94. The second kappa shape index (κ2) is 8.09. The van der Waals surface area contributed by atoms with Gasteiger partial charge in [-0.25, -0.2) is 0 Å². The Bertz CT molecular complexity index is 132. The molecule has 0 aliphatic rings. The van der Waals surface area contributed by atoms with E-state index >= 15 is 0 Å². The fourth-order valence-electron chi connectivity index (χ4n) is 1.03. The molecule has 0 aromatic carbocycles. The topological polar surface area (TPSA) is 26.3 Å². The van der Waals surface area contributed by atoms with Crippen molar-refractivity contribution < 1.29 is 9.53 Å². The highest BCUT2D eigenvalue weighted by Gasteiger charge is 2.06. The molecule has 0 saturated heterocycles. The highest BCUT2D eigenvalue weighted by molar-refractivity contribution is 5.69. The van der Waals surface area contributed by atoms with E-state index in [-0.39, 0.29) is 12.1 Å². The molecule has 0 bridgehead atoms. The van der Waals surface area contributed by atoms with E-state index in [1.807, 2.05) is 20.3 Å². The van der Waals surface area contributed by atoms with Crippen molar-refractivity contribution in [1.82, 2.24) is 0 Å². The van der Waals surface area contributed by atoms with Gasteiger partial charge in [-0.2, -0.15) is 0 Å². The Hall–Kier alpha value is -0.530. The zero-order valence-corrected chi connectivity index (χ0v) is 9.01. The summed E-state index contributed by atoms with van der Waals surface area (Å²) in [5, 5.41) is 0. The summed E-state index contributed by atoms with van der Waals surface area (Å²) < 4.78 is 5.09. The molecule has 2 heteroatoms. The van der Waals surface area contributed by atoms with Gasteiger partial charge in [0.25, 0.3) is 0 Å². The summed E-state index contributed by atoms with van der Waals surface area (Å²) >= 11 is 0. The summed E-state index contributed by atoms with van der Waals surface area (Å²) in [6.07, 6.45) is 6.91.